The van der Waals surface area contributed by atoms with E-state index in [4.69, 9.17) is 16.3 Å². The van der Waals surface area contributed by atoms with Gasteiger partial charge < -0.3 is 9.84 Å². The highest BCUT2D eigenvalue weighted by atomic mass is 79.9. The summed E-state index contributed by atoms with van der Waals surface area (Å²) in [6.07, 6.45) is 2.92. The van der Waals surface area contributed by atoms with Crippen molar-refractivity contribution in [3.63, 3.8) is 0 Å². The van der Waals surface area contributed by atoms with E-state index in [0.29, 0.717) is 22.4 Å². The number of benzene rings is 1. The standard InChI is InChI=1S/C15H13BrClN3O3/c1-2-23-13-6-9(11(16)7-12(13)21)8-19-20-15(22)10-4-3-5-18-14(10)17/h3-8,21H,2H2,1H3,(H,20,22). The summed E-state index contributed by atoms with van der Waals surface area (Å²) in [6, 6.07) is 6.25. The number of rotatable bonds is 5. The lowest BCUT2D eigenvalue weighted by Gasteiger charge is -2.08. The number of ether oxygens (including phenoxy) is 1. The third kappa shape index (κ3) is 4.43. The third-order valence-corrected chi connectivity index (χ3v) is 3.74. The molecule has 0 atom stereocenters. The topological polar surface area (TPSA) is 83.8 Å². The van der Waals surface area contributed by atoms with Crippen LogP contribution in [-0.2, 0) is 0 Å². The lowest BCUT2D eigenvalue weighted by Crippen LogP contribution is -2.18. The molecule has 2 N–H and O–H groups in total. The van der Waals surface area contributed by atoms with E-state index in [2.05, 4.69) is 31.4 Å². The first-order valence-electron chi connectivity index (χ1n) is 6.62. The molecule has 6 nitrogen and oxygen atoms in total. The molecule has 1 aromatic heterocycles. The second-order valence-corrected chi connectivity index (χ2v) is 5.53. The Balaban J connectivity index is 2.13. The largest absolute Gasteiger partial charge is 0.504 e. The van der Waals surface area contributed by atoms with Crippen LogP contribution < -0.4 is 10.2 Å². The van der Waals surface area contributed by atoms with E-state index in [-0.39, 0.29) is 16.5 Å². The summed E-state index contributed by atoms with van der Waals surface area (Å²) < 4.78 is 5.91. The van der Waals surface area contributed by atoms with E-state index >= 15 is 0 Å². The molecule has 23 heavy (non-hydrogen) atoms. The van der Waals surface area contributed by atoms with Gasteiger partial charge in [-0.2, -0.15) is 5.10 Å². The van der Waals surface area contributed by atoms with Crippen LogP contribution in [0.4, 0.5) is 0 Å². The molecule has 120 valence electrons. The molecule has 2 aromatic rings. The predicted octanol–water partition coefficient (Wildman–Crippen LogP) is 3.37. The number of amides is 1. The number of aromatic hydroxyl groups is 1. The fraction of sp³-hybridized carbons (Fsp3) is 0.133. The molecular formula is C15H13BrClN3O3. The van der Waals surface area contributed by atoms with Gasteiger partial charge in [0.15, 0.2) is 11.5 Å². The van der Waals surface area contributed by atoms with Crippen molar-refractivity contribution in [3.8, 4) is 11.5 Å². The summed E-state index contributed by atoms with van der Waals surface area (Å²) in [6.45, 7) is 2.23. The smallest absolute Gasteiger partial charge is 0.274 e. The Kier molecular flexibility index (Phi) is 5.95. The molecule has 1 amide bonds. The summed E-state index contributed by atoms with van der Waals surface area (Å²) in [5.74, 6) is -0.125. The minimum atomic E-state index is -0.473. The highest BCUT2D eigenvalue weighted by Gasteiger charge is 2.10. The van der Waals surface area contributed by atoms with Crippen molar-refractivity contribution in [1.82, 2.24) is 10.4 Å². The Morgan fingerprint density at radius 3 is 3.04 bits per heavy atom. The number of pyridine rings is 1. The number of hydrazone groups is 1. The van der Waals surface area contributed by atoms with Crippen LogP contribution in [0.3, 0.4) is 0 Å². The first-order valence-corrected chi connectivity index (χ1v) is 7.79. The molecule has 0 aliphatic heterocycles. The number of halogens is 2. The predicted molar refractivity (Wildman–Crippen MR) is 91.3 cm³/mol. The SMILES string of the molecule is CCOc1cc(C=NNC(=O)c2cccnc2Cl)c(Br)cc1O. The average molecular weight is 399 g/mol. The highest BCUT2D eigenvalue weighted by Crippen LogP contribution is 2.31. The van der Waals surface area contributed by atoms with Crippen molar-refractivity contribution in [3.05, 3.63) is 51.2 Å². The zero-order valence-corrected chi connectivity index (χ0v) is 14.4. The minimum Gasteiger partial charge on any atom is -0.504 e. The van der Waals surface area contributed by atoms with Crippen LogP contribution in [0.2, 0.25) is 5.15 Å². The van der Waals surface area contributed by atoms with Crippen molar-refractivity contribution >= 4 is 39.7 Å². The van der Waals surface area contributed by atoms with Crippen molar-refractivity contribution in [2.45, 2.75) is 6.92 Å². The minimum absolute atomic E-state index is 0.0158. The number of carbonyl (C=O) groups excluding carboxylic acids is 1. The number of hydrogen-bond acceptors (Lipinski definition) is 5. The number of phenolic OH excluding ortho intramolecular Hbond substituents is 1. The summed E-state index contributed by atoms with van der Waals surface area (Å²) in [4.78, 5) is 15.8. The van der Waals surface area contributed by atoms with E-state index in [1.165, 1.54) is 18.5 Å². The average Bonchev–Trinajstić information content (AvgIpc) is 2.52. The second-order valence-electron chi connectivity index (χ2n) is 4.32. The summed E-state index contributed by atoms with van der Waals surface area (Å²) in [7, 11) is 0. The molecule has 1 heterocycles. The number of aromatic nitrogens is 1. The van der Waals surface area contributed by atoms with Gasteiger partial charge in [-0.3, -0.25) is 4.79 Å². The van der Waals surface area contributed by atoms with Crippen LogP contribution >= 0.6 is 27.5 Å². The Morgan fingerprint density at radius 2 is 2.35 bits per heavy atom. The quantitative estimate of drug-likeness (QED) is 0.459. The van der Waals surface area contributed by atoms with Gasteiger partial charge in [-0.15, -0.1) is 0 Å². The number of hydrogen-bond donors (Lipinski definition) is 2. The van der Waals surface area contributed by atoms with Crippen LogP contribution in [0.15, 0.2) is 40.0 Å². The van der Waals surface area contributed by atoms with Crippen LogP contribution in [0.1, 0.15) is 22.8 Å². The lowest BCUT2D eigenvalue weighted by atomic mass is 10.2. The number of phenols is 1. The van der Waals surface area contributed by atoms with Gasteiger partial charge in [0.25, 0.3) is 5.91 Å². The molecule has 0 fully saturated rings. The zero-order chi connectivity index (χ0) is 16.8. The molecule has 0 saturated carbocycles. The summed E-state index contributed by atoms with van der Waals surface area (Å²) in [5, 5.41) is 13.7. The van der Waals surface area contributed by atoms with Gasteiger partial charge in [-0.25, -0.2) is 10.4 Å². The van der Waals surface area contributed by atoms with Crippen molar-refractivity contribution in [2.24, 2.45) is 5.10 Å². The summed E-state index contributed by atoms with van der Waals surface area (Å²) >= 11 is 9.14. The molecule has 0 aliphatic carbocycles. The second kappa shape index (κ2) is 7.94. The Hall–Kier alpha value is -2.12. The third-order valence-electron chi connectivity index (χ3n) is 2.75. The first-order chi connectivity index (χ1) is 11.0. The molecule has 0 radical (unpaired) electrons. The fourth-order valence-electron chi connectivity index (χ4n) is 1.70. The molecular weight excluding hydrogens is 386 g/mol. The van der Waals surface area contributed by atoms with Gasteiger partial charge in [0, 0.05) is 16.2 Å². The number of carbonyl (C=O) groups is 1. The Morgan fingerprint density at radius 1 is 1.57 bits per heavy atom. The fourth-order valence-corrected chi connectivity index (χ4v) is 2.34. The monoisotopic (exact) mass is 397 g/mol. The maximum absolute atomic E-state index is 11.9. The van der Waals surface area contributed by atoms with Gasteiger partial charge in [0.2, 0.25) is 0 Å². The van der Waals surface area contributed by atoms with E-state index in [1.807, 2.05) is 6.92 Å². The maximum atomic E-state index is 11.9. The summed E-state index contributed by atoms with van der Waals surface area (Å²) in [5.41, 5.74) is 3.22. The molecule has 0 unspecified atom stereocenters. The van der Waals surface area contributed by atoms with E-state index < -0.39 is 5.91 Å². The van der Waals surface area contributed by atoms with Crippen LogP contribution in [-0.4, -0.2) is 28.8 Å². The molecule has 8 heteroatoms. The molecule has 0 saturated heterocycles. The van der Waals surface area contributed by atoms with Crippen LogP contribution in [0, 0.1) is 0 Å². The highest BCUT2D eigenvalue weighted by molar-refractivity contribution is 9.10. The van der Waals surface area contributed by atoms with Crippen LogP contribution in [0.25, 0.3) is 0 Å². The van der Waals surface area contributed by atoms with E-state index in [1.54, 1.807) is 18.2 Å². The van der Waals surface area contributed by atoms with Gasteiger partial charge >= 0.3 is 0 Å². The normalized spacial score (nSPS) is 10.7. The molecule has 0 bridgehead atoms. The van der Waals surface area contributed by atoms with Crippen molar-refractivity contribution < 1.29 is 14.6 Å². The number of nitrogens with zero attached hydrogens (tertiary/aromatic N) is 2. The number of nitrogens with one attached hydrogen (secondary N) is 1. The van der Waals surface area contributed by atoms with Gasteiger partial charge in [0.1, 0.15) is 5.15 Å². The van der Waals surface area contributed by atoms with E-state index in [9.17, 15) is 9.90 Å². The lowest BCUT2D eigenvalue weighted by molar-refractivity contribution is 0.0955. The Bertz CT molecular complexity index is 753. The first kappa shape index (κ1) is 17.2. The van der Waals surface area contributed by atoms with Crippen LogP contribution in [0.5, 0.6) is 11.5 Å². The maximum Gasteiger partial charge on any atom is 0.274 e. The molecule has 2 rings (SSSR count). The molecule has 0 aliphatic rings. The van der Waals surface area contributed by atoms with Gasteiger partial charge in [0.05, 0.1) is 18.4 Å². The molecule has 1 aromatic carbocycles. The van der Waals surface area contributed by atoms with Crippen molar-refractivity contribution in [1.29, 1.82) is 0 Å². The van der Waals surface area contributed by atoms with Gasteiger partial charge in [-0.05, 0) is 47.1 Å². The van der Waals surface area contributed by atoms with Gasteiger partial charge in [-0.1, -0.05) is 11.6 Å². The Labute approximate surface area is 146 Å². The zero-order valence-electron chi connectivity index (χ0n) is 12.1. The van der Waals surface area contributed by atoms with E-state index in [0.717, 1.165) is 0 Å². The molecule has 0 spiro atoms. The van der Waals surface area contributed by atoms with Crippen molar-refractivity contribution in [2.75, 3.05) is 6.61 Å².